The standard InChI is InChI=1S/C15H30O/c1-12(2)4-7-15(10-11-16)14-8-5-13(3)6-9-14/h12-16H,4-11H2,1-3H3. The zero-order valence-corrected chi connectivity index (χ0v) is 11.4. The lowest BCUT2D eigenvalue weighted by molar-refractivity contribution is 0.157. The predicted octanol–water partition coefficient (Wildman–Crippen LogP) is 4.25. The summed E-state index contributed by atoms with van der Waals surface area (Å²) < 4.78 is 0. The monoisotopic (exact) mass is 226 g/mol. The maximum atomic E-state index is 9.18. The summed E-state index contributed by atoms with van der Waals surface area (Å²) in [7, 11) is 0. The highest BCUT2D eigenvalue weighted by Gasteiger charge is 2.25. The molecule has 1 aliphatic carbocycles. The molecular weight excluding hydrogens is 196 g/mol. The van der Waals surface area contributed by atoms with Gasteiger partial charge in [0.05, 0.1) is 0 Å². The fourth-order valence-electron chi connectivity index (χ4n) is 3.09. The SMILES string of the molecule is CC(C)CCC(CCO)C1CCC(C)CC1. The maximum absolute atomic E-state index is 9.18. The molecule has 1 atom stereocenters. The minimum absolute atomic E-state index is 0.384. The molecule has 1 rings (SSSR count). The van der Waals surface area contributed by atoms with Crippen molar-refractivity contribution in [1.29, 1.82) is 0 Å². The summed E-state index contributed by atoms with van der Waals surface area (Å²) in [4.78, 5) is 0. The fraction of sp³-hybridized carbons (Fsp3) is 1.00. The van der Waals surface area contributed by atoms with E-state index in [1.54, 1.807) is 0 Å². The Balaban J connectivity index is 2.36. The summed E-state index contributed by atoms with van der Waals surface area (Å²) in [6.45, 7) is 7.37. The second-order valence-electron chi connectivity index (χ2n) is 6.26. The van der Waals surface area contributed by atoms with E-state index in [9.17, 15) is 5.11 Å². The van der Waals surface area contributed by atoms with Crippen LogP contribution in [0.1, 0.15) is 65.7 Å². The molecule has 96 valence electrons. The molecule has 0 aliphatic heterocycles. The van der Waals surface area contributed by atoms with E-state index in [0.29, 0.717) is 6.61 Å². The molecule has 0 aromatic heterocycles. The maximum Gasteiger partial charge on any atom is 0.0433 e. The van der Waals surface area contributed by atoms with Crippen LogP contribution in [0.4, 0.5) is 0 Å². The average molecular weight is 226 g/mol. The first-order valence-corrected chi connectivity index (χ1v) is 7.24. The van der Waals surface area contributed by atoms with Gasteiger partial charge in [-0.3, -0.25) is 0 Å². The van der Waals surface area contributed by atoms with Gasteiger partial charge in [0, 0.05) is 6.61 Å². The Labute approximate surface area is 102 Å². The van der Waals surface area contributed by atoms with Crippen LogP contribution in [0.15, 0.2) is 0 Å². The molecule has 0 heterocycles. The lowest BCUT2D eigenvalue weighted by Gasteiger charge is -2.33. The van der Waals surface area contributed by atoms with Gasteiger partial charge in [-0.1, -0.05) is 40.0 Å². The summed E-state index contributed by atoms with van der Waals surface area (Å²) in [5.74, 6) is 3.45. The second-order valence-corrected chi connectivity index (χ2v) is 6.26. The van der Waals surface area contributed by atoms with E-state index in [1.807, 2.05) is 0 Å². The average Bonchev–Trinajstić information content (AvgIpc) is 2.25. The Hall–Kier alpha value is -0.0400. The van der Waals surface area contributed by atoms with Crippen molar-refractivity contribution in [3.63, 3.8) is 0 Å². The van der Waals surface area contributed by atoms with Crippen LogP contribution in [-0.4, -0.2) is 11.7 Å². The van der Waals surface area contributed by atoms with Gasteiger partial charge in [-0.05, 0) is 49.4 Å². The Morgan fingerprint density at radius 1 is 1.00 bits per heavy atom. The third kappa shape index (κ3) is 4.86. The zero-order valence-electron chi connectivity index (χ0n) is 11.4. The van der Waals surface area contributed by atoms with Crippen molar-refractivity contribution in [3.05, 3.63) is 0 Å². The molecule has 1 nitrogen and oxygen atoms in total. The van der Waals surface area contributed by atoms with E-state index >= 15 is 0 Å². The number of hydrogen-bond donors (Lipinski definition) is 1. The van der Waals surface area contributed by atoms with Gasteiger partial charge in [0.15, 0.2) is 0 Å². The molecule has 0 radical (unpaired) electrons. The number of aliphatic hydroxyl groups is 1. The highest BCUT2D eigenvalue weighted by molar-refractivity contribution is 4.76. The predicted molar refractivity (Wildman–Crippen MR) is 70.4 cm³/mol. The van der Waals surface area contributed by atoms with E-state index in [-0.39, 0.29) is 0 Å². The van der Waals surface area contributed by atoms with Gasteiger partial charge in [0.25, 0.3) is 0 Å². The minimum Gasteiger partial charge on any atom is -0.396 e. The van der Waals surface area contributed by atoms with Crippen LogP contribution < -0.4 is 0 Å². The van der Waals surface area contributed by atoms with Crippen LogP contribution in [0.5, 0.6) is 0 Å². The quantitative estimate of drug-likeness (QED) is 0.718. The molecule has 1 saturated carbocycles. The van der Waals surface area contributed by atoms with E-state index in [1.165, 1.54) is 38.5 Å². The molecule has 1 fully saturated rings. The molecule has 0 aromatic carbocycles. The third-order valence-electron chi connectivity index (χ3n) is 4.34. The lowest BCUT2D eigenvalue weighted by atomic mass is 9.73. The zero-order chi connectivity index (χ0) is 12.0. The molecule has 1 heteroatoms. The Morgan fingerprint density at radius 2 is 1.62 bits per heavy atom. The molecule has 1 unspecified atom stereocenters. The third-order valence-corrected chi connectivity index (χ3v) is 4.34. The Bertz CT molecular complexity index is 168. The summed E-state index contributed by atoms with van der Waals surface area (Å²) in [6.07, 6.45) is 9.33. The molecule has 0 amide bonds. The summed E-state index contributed by atoms with van der Waals surface area (Å²) >= 11 is 0. The van der Waals surface area contributed by atoms with Crippen LogP contribution in [0.25, 0.3) is 0 Å². The van der Waals surface area contributed by atoms with Gasteiger partial charge in [-0.25, -0.2) is 0 Å². The van der Waals surface area contributed by atoms with Crippen molar-refractivity contribution in [2.24, 2.45) is 23.7 Å². The second kappa shape index (κ2) is 7.32. The Kier molecular flexibility index (Phi) is 6.41. The van der Waals surface area contributed by atoms with Crippen LogP contribution in [0, 0.1) is 23.7 Å². The summed E-state index contributed by atoms with van der Waals surface area (Å²) in [6, 6.07) is 0. The van der Waals surface area contributed by atoms with Gasteiger partial charge in [0.1, 0.15) is 0 Å². The van der Waals surface area contributed by atoms with Crippen molar-refractivity contribution in [3.8, 4) is 0 Å². The first kappa shape index (κ1) is 14.0. The smallest absolute Gasteiger partial charge is 0.0433 e. The largest absolute Gasteiger partial charge is 0.396 e. The molecule has 0 bridgehead atoms. The summed E-state index contributed by atoms with van der Waals surface area (Å²) in [5.41, 5.74) is 0. The highest BCUT2D eigenvalue weighted by atomic mass is 16.3. The van der Waals surface area contributed by atoms with Crippen molar-refractivity contribution in [2.75, 3.05) is 6.61 Å². The topological polar surface area (TPSA) is 20.2 Å². The lowest BCUT2D eigenvalue weighted by Crippen LogP contribution is -2.22. The minimum atomic E-state index is 0.384. The van der Waals surface area contributed by atoms with Crippen molar-refractivity contribution >= 4 is 0 Å². The van der Waals surface area contributed by atoms with E-state index in [4.69, 9.17) is 0 Å². The van der Waals surface area contributed by atoms with Crippen molar-refractivity contribution in [1.82, 2.24) is 0 Å². The van der Waals surface area contributed by atoms with Crippen molar-refractivity contribution in [2.45, 2.75) is 65.7 Å². The van der Waals surface area contributed by atoms with Gasteiger partial charge in [-0.15, -0.1) is 0 Å². The van der Waals surface area contributed by atoms with Gasteiger partial charge < -0.3 is 5.11 Å². The normalized spacial score (nSPS) is 28.3. The van der Waals surface area contributed by atoms with Gasteiger partial charge in [0.2, 0.25) is 0 Å². The summed E-state index contributed by atoms with van der Waals surface area (Å²) in [5, 5.41) is 9.18. The van der Waals surface area contributed by atoms with Crippen LogP contribution in [-0.2, 0) is 0 Å². The molecule has 1 N–H and O–H groups in total. The van der Waals surface area contributed by atoms with Crippen LogP contribution >= 0.6 is 0 Å². The molecular formula is C15H30O. The fourth-order valence-corrected chi connectivity index (χ4v) is 3.09. The molecule has 0 aromatic rings. The molecule has 0 saturated heterocycles. The molecule has 16 heavy (non-hydrogen) atoms. The van der Waals surface area contributed by atoms with Gasteiger partial charge in [-0.2, -0.15) is 0 Å². The first-order chi connectivity index (χ1) is 7.63. The number of aliphatic hydroxyl groups excluding tert-OH is 1. The van der Waals surface area contributed by atoms with E-state index in [0.717, 1.165) is 30.1 Å². The highest BCUT2D eigenvalue weighted by Crippen LogP contribution is 2.36. The first-order valence-electron chi connectivity index (χ1n) is 7.24. The Morgan fingerprint density at radius 3 is 2.12 bits per heavy atom. The van der Waals surface area contributed by atoms with Crippen molar-refractivity contribution < 1.29 is 5.11 Å². The van der Waals surface area contributed by atoms with Gasteiger partial charge >= 0.3 is 0 Å². The number of rotatable bonds is 6. The van der Waals surface area contributed by atoms with Crippen LogP contribution in [0.3, 0.4) is 0 Å². The number of hydrogen-bond acceptors (Lipinski definition) is 1. The molecule has 0 spiro atoms. The van der Waals surface area contributed by atoms with E-state index in [2.05, 4.69) is 20.8 Å². The van der Waals surface area contributed by atoms with Crippen LogP contribution in [0.2, 0.25) is 0 Å². The van der Waals surface area contributed by atoms with E-state index < -0.39 is 0 Å². The molecule has 1 aliphatic rings.